The first-order valence-corrected chi connectivity index (χ1v) is 10.3. The highest BCUT2D eigenvalue weighted by Gasteiger charge is 2.21. The molecule has 2 heterocycles. The molecule has 1 aliphatic rings. The number of fused-ring (bicyclic) bond motifs is 1. The molecule has 0 fully saturated rings. The van der Waals surface area contributed by atoms with Gasteiger partial charge in [-0.3, -0.25) is 9.69 Å². The van der Waals surface area contributed by atoms with Crippen LogP contribution < -0.4 is 5.32 Å². The first-order chi connectivity index (χ1) is 13.2. The number of hydrogen-bond donors (Lipinski definition) is 1. The topological polar surface area (TPSA) is 32.3 Å². The predicted octanol–water partition coefficient (Wildman–Crippen LogP) is 4.32. The molecule has 0 saturated heterocycles. The molecule has 0 radical (unpaired) electrons. The van der Waals surface area contributed by atoms with Gasteiger partial charge in [-0.15, -0.1) is 11.3 Å². The van der Waals surface area contributed by atoms with E-state index in [0.29, 0.717) is 6.54 Å². The number of thiophene rings is 1. The molecule has 0 bridgehead atoms. The minimum absolute atomic E-state index is 0.0772. The number of amides is 1. The Morgan fingerprint density at radius 1 is 1.07 bits per heavy atom. The molecule has 138 valence electrons. The van der Waals surface area contributed by atoms with Crippen LogP contribution in [0.4, 0.5) is 0 Å². The van der Waals surface area contributed by atoms with Crippen molar-refractivity contribution in [1.29, 1.82) is 0 Å². The van der Waals surface area contributed by atoms with Crippen LogP contribution in [0.25, 0.3) is 0 Å². The number of nitrogens with zero attached hydrogens (tertiary/aromatic N) is 1. The molecule has 0 aliphatic carbocycles. The maximum absolute atomic E-state index is 12.8. The van der Waals surface area contributed by atoms with E-state index in [9.17, 15) is 4.79 Å². The van der Waals surface area contributed by atoms with Gasteiger partial charge in [0, 0.05) is 18.0 Å². The van der Waals surface area contributed by atoms with Gasteiger partial charge >= 0.3 is 0 Å². The van der Waals surface area contributed by atoms with Crippen molar-refractivity contribution in [3.8, 4) is 0 Å². The second kappa shape index (κ2) is 8.07. The molecule has 3 nitrogen and oxygen atoms in total. The van der Waals surface area contributed by atoms with Crippen LogP contribution in [0.1, 0.15) is 33.2 Å². The van der Waals surface area contributed by atoms with E-state index in [1.807, 2.05) is 6.07 Å². The monoisotopic (exact) mass is 376 g/mol. The molecular formula is C23H24N2OS. The fourth-order valence-electron chi connectivity index (χ4n) is 3.63. The Morgan fingerprint density at radius 2 is 1.85 bits per heavy atom. The Balaban J connectivity index is 1.45. The molecule has 1 aliphatic heterocycles. The van der Waals surface area contributed by atoms with Crippen LogP contribution in [0.2, 0.25) is 0 Å². The highest BCUT2D eigenvalue weighted by molar-refractivity contribution is 7.10. The van der Waals surface area contributed by atoms with E-state index in [1.165, 1.54) is 16.7 Å². The number of benzene rings is 2. The highest BCUT2D eigenvalue weighted by atomic mass is 32.1. The lowest BCUT2D eigenvalue weighted by molar-refractivity contribution is -0.122. The van der Waals surface area contributed by atoms with Crippen LogP contribution in [0.3, 0.4) is 0 Å². The van der Waals surface area contributed by atoms with Crippen LogP contribution in [0.15, 0.2) is 66.0 Å². The Bertz CT molecular complexity index is 902. The summed E-state index contributed by atoms with van der Waals surface area (Å²) in [7, 11) is 0. The van der Waals surface area contributed by atoms with E-state index < -0.39 is 0 Å². The zero-order valence-corrected chi connectivity index (χ0v) is 16.3. The van der Waals surface area contributed by atoms with Gasteiger partial charge in [0.25, 0.3) is 0 Å². The number of carbonyl (C=O) groups is 1. The van der Waals surface area contributed by atoms with Gasteiger partial charge in [0.2, 0.25) is 5.91 Å². The summed E-state index contributed by atoms with van der Waals surface area (Å²) in [6.07, 6.45) is 1.01. The second-order valence-corrected chi connectivity index (χ2v) is 8.14. The number of hydrogen-bond acceptors (Lipinski definition) is 3. The normalized spacial score (nSPS) is 15.1. The molecule has 1 unspecified atom stereocenters. The summed E-state index contributed by atoms with van der Waals surface area (Å²) in [6, 6.07) is 21.0. The molecule has 2 aromatic carbocycles. The number of nitrogens with one attached hydrogen (secondary N) is 1. The third-order valence-corrected chi connectivity index (χ3v) is 6.06. The van der Waals surface area contributed by atoms with Gasteiger partial charge < -0.3 is 5.32 Å². The zero-order valence-electron chi connectivity index (χ0n) is 15.5. The highest BCUT2D eigenvalue weighted by Crippen LogP contribution is 2.26. The third kappa shape index (κ3) is 4.29. The van der Waals surface area contributed by atoms with Crippen molar-refractivity contribution in [1.82, 2.24) is 10.2 Å². The van der Waals surface area contributed by atoms with Crippen LogP contribution in [0.5, 0.6) is 0 Å². The van der Waals surface area contributed by atoms with E-state index in [-0.39, 0.29) is 11.9 Å². The third-order valence-electron chi connectivity index (χ3n) is 5.12. The average molecular weight is 377 g/mol. The maximum Gasteiger partial charge on any atom is 0.234 e. The Kier molecular flexibility index (Phi) is 5.37. The average Bonchev–Trinajstić information content (AvgIpc) is 3.21. The smallest absolute Gasteiger partial charge is 0.234 e. The van der Waals surface area contributed by atoms with Crippen molar-refractivity contribution >= 4 is 17.2 Å². The van der Waals surface area contributed by atoms with E-state index in [2.05, 4.69) is 77.1 Å². The first-order valence-electron chi connectivity index (χ1n) is 9.37. The Hall–Kier alpha value is -2.43. The summed E-state index contributed by atoms with van der Waals surface area (Å²) in [4.78, 5) is 16.2. The number of carbonyl (C=O) groups excluding carboxylic acids is 1. The van der Waals surface area contributed by atoms with Gasteiger partial charge in [-0.1, -0.05) is 60.2 Å². The lowest BCUT2D eigenvalue weighted by Crippen LogP contribution is -2.41. The molecule has 0 spiro atoms. The minimum Gasteiger partial charge on any atom is -0.343 e. The van der Waals surface area contributed by atoms with Gasteiger partial charge in [-0.2, -0.15) is 0 Å². The maximum atomic E-state index is 12.8. The van der Waals surface area contributed by atoms with Crippen LogP contribution >= 0.6 is 11.3 Å². The van der Waals surface area contributed by atoms with E-state index in [0.717, 1.165) is 30.0 Å². The van der Waals surface area contributed by atoms with Crippen molar-refractivity contribution in [2.75, 3.05) is 13.1 Å². The van der Waals surface area contributed by atoms with Crippen LogP contribution in [0, 0.1) is 6.92 Å². The van der Waals surface area contributed by atoms with Gasteiger partial charge in [0.15, 0.2) is 0 Å². The van der Waals surface area contributed by atoms with Gasteiger partial charge in [0.1, 0.15) is 0 Å². The second-order valence-electron chi connectivity index (χ2n) is 7.16. The summed E-state index contributed by atoms with van der Waals surface area (Å²) in [5, 5.41) is 5.32. The summed E-state index contributed by atoms with van der Waals surface area (Å²) < 4.78 is 0. The molecule has 1 atom stereocenters. The fourth-order valence-corrected chi connectivity index (χ4v) is 4.43. The summed E-state index contributed by atoms with van der Waals surface area (Å²) in [6.45, 7) is 4.29. The van der Waals surface area contributed by atoms with Crippen LogP contribution in [-0.4, -0.2) is 23.9 Å². The van der Waals surface area contributed by atoms with Crippen molar-refractivity contribution in [2.24, 2.45) is 0 Å². The van der Waals surface area contributed by atoms with Crippen molar-refractivity contribution < 1.29 is 4.79 Å². The largest absolute Gasteiger partial charge is 0.343 e. The molecule has 0 saturated carbocycles. The predicted molar refractivity (Wildman–Crippen MR) is 111 cm³/mol. The van der Waals surface area contributed by atoms with Crippen LogP contribution in [-0.2, 0) is 17.8 Å². The molecule has 1 amide bonds. The van der Waals surface area contributed by atoms with E-state index in [4.69, 9.17) is 0 Å². The Labute approximate surface area is 164 Å². The SMILES string of the molecule is Cc1ccc(C(NC(=O)CN2CCc3ccccc3C2)c2cccs2)cc1. The molecule has 27 heavy (non-hydrogen) atoms. The lowest BCUT2D eigenvalue weighted by atomic mass is 10.00. The van der Waals surface area contributed by atoms with E-state index >= 15 is 0 Å². The number of rotatable bonds is 5. The Morgan fingerprint density at radius 3 is 2.59 bits per heavy atom. The first kappa shape index (κ1) is 18.0. The molecule has 1 N–H and O–H groups in total. The van der Waals surface area contributed by atoms with Crippen molar-refractivity contribution in [3.05, 3.63) is 93.2 Å². The molecule has 4 heteroatoms. The van der Waals surface area contributed by atoms with Gasteiger partial charge in [0.05, 0.1) is 12.6 Å². The van der Waals surface area contributed by atoms with Gasteiger partial charge in [-0.05, 0) is 41.5 Å². The van der Waals surface area contributed by atoms with Gasteiger partial charge in [-0.25, -0.2) is 0 Å². The molecule has 1 aromatic heterocycles. The molecule has 4 rings (SSSR count). The summed E-state index contributed by atoms with van der Waals surface area (Å²) in [5.74, 6) is 0.0772. The van der Waals surface area contributed by atoms with Crippen molar-refractivity contribution in [3.63, 3.8) is 0 Å². The molecular weight excluding hydrogens is 352 g/mol. The quantitative estimate of drug-likeness (QED) is 0.719. The minimum atomic E-state index is -0.0878. The zero-order chi connectivity index (χ0) is 18.6. The summed E-state index contributed by atoms with van der Waals surface area (Å²) in [5.41, 5.74) is 5.09. The van der Waals surface area contributed by atoms with Crippen molar-refractivity contribution in [2.45, 2.75) is 25.9 Å². The van der Waals surface area contributed by atoms with E-state index in [1.54, 1.807) is 11.3 Å². The summed E-state index contributed by atoms with van der Waals surface area (Å²) >= 11 is 1.68. The number of aryl methyl sites for hydroxylation is 1. The lowest BCUT2D eigenvalue weighted by Gasteiger charge is -2.29. The fraction of sp³-hybridized carbons (Fsp3) is 0.261. The molecule has 3 aromatic rings. The standard InChI is InChI=1S/C23H24N2OS/c1-17-8-10-19(11-9-17)23(21-7-4-14-27-21)24-22(26)16-25-13-12-18-5-2-3-6-20(18)15-25/h2-11,14,23H,12-13,15-16H2,1H3,(H,24,26).